The van der Waals surface area contributed by atoms with E-state index in [1.807, 2.05) is 6.92 Å². The van der Waals surface area contributed by atoms with E-state index in [4.69, 9.17) is 5.14 Å². The lowest BCUT2D eigenvalue weighted by atomic mass is 10.1. The first-order valence-corrected chi connectivity index (χ1v) is 5.83. The molecule has 2 N–H and O–H groups in total. The van der Waals surface area contributed by atoms with Gasteiger partial charge in [-0.25, -0.2) is 5.14 Å². The van der Waals surface area contributed by atoms with Crippen molar-refractivity contribution in [2.75, 3.05) is 13.1 Å². The van der Waals surface area contributed by atoms with E-state index in [1.54, 1.807) is 0 Å². The van der Waals surface area contributed by atoms with Gasteiger partial charge in [-0.15, -0.1) is 0 Å². The van der Waals surface area contributed by atoms with Crippen LogP contribution in [0, 0.1) is 0 Å². The molecule has 0 saturated heterocycles. The zero-order chi connectivity index (χ0) is 9.35. The summed E-state index contributed by atoms with van der Waals surface area (Å²) in [5.41, 5.74) is 1.19. The van der Waals surface area contributed by atoms with Gasteiger partial charge in [0.25, 0.3) is 10.2 Å². The average molecular weight is 255 g/mol. The molecule has 1 aliphatic heterocycles. The van der Waals surface area contributed by atoms with Gasteiger partial charge in [0.1, 0.15) is 0 Å². The number of hydrogen-bond acceptors (Lipinski definition) is 2. The summed E-state index contributed by atoms with van der Waals surface area (Å²) in [5.74, 6) is 0. The monoisotopic (exact) mass is 254 g/mol. The van der Waals surface area contributed by atoms with E-state index in [0.29, 0.717) is 13.1 Å². The van der Waals surface area contributed by atoms with Crippen LogP contribution in [0.1, 0.15) is 13.3 Å². The van der Waals surface area contributed by atoms with Gasteiger partial charge < -0.3 is 0 Å². The van der Waals surface area contributed by atoms with Crippen LogP contribution in [0.3, 0.4) is 0 Å². The highest BCUT2D eigenvalue weighted by Gasteiger charge is 2.22. The largest absolute Gasteiger partial charge is 0.277 e. The summed E-state index contributed by atoms with van der Waals surface area (Å²) in [6, 6.07) is 0. The smallest absolute Gasteiger partial charge is 0.216 e. The molecule has 70 valence electrons. The van der Waals surface area contributed by atoms with Crippen LogP contribution in [0.25, 0.3) is 0 Å². The van der Waals surface area contributed by atoms with Crippen LogP contribution in [-0.2, 0) is 10.2 Å². The predicted octanol–water partition coefficient (Wildman–Crippen LogP) is 0.565. The quantitative estimate of drug-likeness (QED) is 0.744. The first-order chi connectivity index (χ1) is 5.41. The third-order valence-electron chi connectivity index (χ3n) is 1.87. The molecular formula is C6H11BrN2O2S. The van der Waals surface area contributed by atoms with E-state index in [1.165, 1.54) is 9.88 Å². The SMILES string of the molecule is CC1=C(Br)CN(S(N)(=O)=O)CC1. The lowest BCUT2D eigenvalue weighted by molar-refractivity contribution is 0.430. The van der Waals surface area contributed by atoms with Crippen LogP contribution in [0.5, 0.6) is 0 Å². The van der Waals surface area contributed by atoms with Gasteiger partial charge in [-0.2, -0.15) is 12.7 Å². The van der Waals surface area contributed by atoms with E-state index in [9.17, 15) is 8.42 Å². The average Bonchev–Trinajstić information content (AvgIpc) is 1.92. The summed E-state index contributed by atoms with van der Waals surface area (Å²) >= 11 is 3.30. The van der Waals surface area contributed by atoms with Gasteiger partial charge in [-0.3, -0.25) is 0 Å². The topological polar surface area (TPSA) is 63.4 Å². The molecule has 12 heavy (non-hydrogen) atoms. The Kier molecular flexibility index (Phi) is 2.92. The molecule has 1 heterocycles. The maximum absolute atomic E-state index is 10.9. The fourth-order valence-electron chi connectivity index (χ4n) is 1.01. The Labute approximate surface area is 80.7 Å². The van der Waals surface area contributed by atoms with E-state index < -0.39 is 10.2 Å². The number of nitrogens with zero attached hydrogens (tertiary/aromatic N) is 1. The molecule has 1 rings (SSSR count). The van der Waals surface area contributed by atoms with E-state index in [0.717, 1.165) is 10.9 Å². The fourth-order valence-corrected chi connectivity index (χ4v) is 2.34. The summed E-state index contributed by atoms with van der Waals surface area (Å²) in [5, 5.41) is 4.97. The second kappa shape index (κ2) is 3.45. The van der Waals surface area contributed by atoms with E-state index in [-0.39, 0.29) is 0 Å². The number of nitrogens with two attached hydrogens (primary N) is 1. The van der Waals surface area contributed by atoms with Crippen LogP contribution in [0.15, 0.2) is 10.1 Å². The van der Waals surface area contributed by atoms with Gasteiger partial charge in [-0.1, -0.05) is 21.5 Å². The maximum Gasteiger partial charge on any atom is 0.277 e. The second-order valence-corrected chi connectivity index (χ2v) is 5.32. The lowest BCUT2D eigenvalue weighted by Crippen LogP contribution is -2.40. The molecule has 0 aromatic rings. The highest BCUT2D eigenvalue weighted by atomic mass is 79.9. The molecule has 1 aliphatic rings. The molecule has 0 aromatic heterocycles. The Morgan fingerprint density at radius 1 is 1.58 bits per heavy atom. The van der Waals surface area contributed by atoms with Crippen molar-refractivity contribution in [3.63, 3.8) is 0 Å². The Balaban J connectivity index is 2.81. The van der Waals surface area contributed by atoms with Gasteiger partial charge in [0, 0.05) is 17.6 Å². The maximum atomic E-state index is 10.9. The Morgan fingerprint density at radius 3 is 2.58 bits per heavy atom. The highest BCUT2D eigenvalue weighted by molar-refractivity contribution is 9.11. The molecule has 0 unspecified atom stereocenters. The number of rotatable bonds is 1. The van der Waals surface area contributed by atoms with Crippen molar-refractivity contribution >= 4 is 26.1 Å². The van der Waals surface area contributed by atoms with Crippen LogP contribution in [0.4, 0.5) is 0 Å². The van der Waals surface area contributed by atoms with Crippen molar-refractivity contribution < 1.29 is 8.42 Å². The lowest BCUT2D eigenvalue weighted by Gasteiger charge is -2.24. The standard InChI is InChI=1S/C6H11BrN2O2S/c1-5-2-3-9(4-6(5)7)12(8,10)11/h2-4H2,1H3,(H2,8,10,11). The van der Waals surface area contributed by atoms with Crippen LogP contribution < -0.4 is 5.14 Å². The second-order valence-electron chi connectivity index (χ2n) is 2.81. The minimum absolute atomic E-state index is 0.366. The van der Waals surface area contributed by atoms with Crippen LogP contribution in [-0.4, -0.2) is 25.8 Å². The molecular weight excluding hydrogens is 244 g/mol. The molecule has 6 heteroatoms. The summed E-state index contributed by atoms with van der Waals surface area (Å²) in [7, 11) is -3.51. The molecule has 0 amide bonds. The summed E-state index contributed by atoms with van der Waals surface area (Å²) in [6.45, 7) is 2.83. The molecule has 0 atom stereocenters. The third kappa shape index (κ3) is 2.29. The molecule has 0 radical (unpaired) electrons. The van der Waals surface area contributed by atoms with E-state index in [2.05, 4.69) is 15.9 Å². The third-order valence-corrected chi connectivity index (χ3v) is 3.83. The first-order valence-electron chi connectivity index (χ1n) is 3.53. The van der Waals surface area contributed by atoms with Gasteiger partial charge in [0.2, 0.25) is 0 Å². The van der Waals surface area contributed by atoms with Gasteiger partial charge in [0.05, 0.1) is 0 Å². The molecule has 0 aromatic carbocycles. The zero-order valence-electron chi connectivity index (χ0n) is 6.75. The molecule has 0 fully saturated rings. The minimum Gasteiger partial charge on any atom is -0.216 e. The van der Waals surface area contributed by atoms with Gasteiger partial charge in [-0.05, 0) is 13.3 Å². The van der Waals surface area contributed by atoms with Crippen LogP contribution >= 0.6 is 15.9 Å². The Bertz CT molecular complexity index is 310. The van der Waals surface area contributed by atoms with Crippen molar-refractivity contribution in [2.45, 2.75) is 13.3 Å². The summed E-state index contributed by atoms with van der Waals surface area (Å²) in [4.78, 5) is 0. The van der Waals surface area contributed by atoms with Crippen LogP contribution in [0.2, 0.25) is 0 Å². The normalized spacial score (nSPS) is 21.6. The first kappa shape index (κ1) is 10.2. The van der Waals surface area contributed by atoms with Gasteiger partial charge >= 0.3 is 0 Å². The Morgan fingerprint density at radius 2 is 2.17 bits per heavy atom. The highest BCUT2D eigenvalue weighted by Crippen LogP contribution is 2.22. The number of halogens is 1. The zero-order valence-corrected chi connectivity index (χ0v) is 9.15. The van der Waals surface area contributed by atoms with Crippen molar-refractivity contribution in [1.82, 2.24) is 4.31 Å². The van der Waals surface area contributed by atoms with Crippen molar-refractivity contribution in [3.05, 3.63) is 10.1 Å². The molecule has 0 aliphatic carbocycles. The summed E-state index contributed by atoms with van der Waals surface area (Å²) in [6.07, 6.45) is 0.747. The molecule has 0 spiro atoms. The molecule has 0 saturated carbocycles. The summed E-state index contributed by atoms with van der Waals surface area (Å²) < 4.78 is 24.0. The van der Waals surface area contributed by atoms with Crippen molar-refractivity contribution in [2.24, 2.45) is 5.14 Å². The van der Waals surface area contributed by atoms with Crippen molar-refractivity contribution in [1.29, 1.82) is 0 Å². The Hall–Kier alpha value is 0.0900. The minimum atomic E-state index is -3.51. The fraction of sp³-hybridized carbons (Fsp3) is 0.667. The predicted molar refractivity (Wildman–Crippen MR) is 50.9 cm³/mol. The molecule has 4 nitrogen and oxygen atoms in total. The van der Waals surface area contributed by atoms with Gasteiger partial charge in [0.15, 0.2) is 0 Å². The molecule has 0 bridgehead atoms. The number of hydrogen-bond donors (Lipinski definition) is 1. The van der Waals surface area contributed by atoms with E-state index >= 15 is 0 Å². The van der Waals surface area contributed by atoms with Crippen molar-refractivity contribution in [3.8, 4) is 0 Å².